The number of alkyl halides is 1. The summed E-state index contributed by atoms with van der Waals surface area (Å²) in [4.78, 5) is 8.68. The molecule has 0 saturated heterocycles. The molecule has 2 heterocycles. The normalized spacial score (nSPS) is 9.94. The van der Waals surface area contributed by atoms with E-state index in [1.807, 2.05) is 86.0 Å². The van der Waals surface area contributed by atoms with Gasteiger partial charge >= 0.3 is 0 Å². The van der Waals surface area contributed by atoms with Gasteiger partial charge in [-0.15, -0.1) is 65.7 Å². The Morgan fingerprint density at radius 3 is 2.18 bits per heavy atom. The molecule has 5 rings (SSSR count). The van der Waals surface area contributed by atoms with Crippen LogP contribution in [0, 0.1) is 19.1 Å². The number of rotatable bonds is 4. The summed E-state index contributed by atoms with van der Waals surface area (Å²) in [5, 5.41) is 0. The van der Waals surface area contributed by atoms with Crippen LogP contribution in [0.2, 0.25) is 0 Å². The molecule has 0 amide bonds. The minimum atomic E-state index is -0.446. The fourth-order valence-electron chi connectivity index (χ4n) is 3.27. The first kappa shape index (κ1) is 25.2. The Morgan fingerprint density at radius 2 is 1.53 bits per heavy atom. The summed E-state index contributed by atoms with van der Waals surface area (Å²) in [5.41, 5.74) is 7.89. The van der Waals surface area contributed by atoms with Crippen LogP contribution in [0.15, 0.2) is 109 Å². The van der Waals surface area contributed by atoms with Crippen molar-refractivity contribution in [3.8, 4) is 33.6 Å². The molecule has 0 spiro atoms. The molecule has 3 aromatic carbocycles. The van der Waals surface area contributed by atoms with Crippen LogP contribution in [-0.2, 0) is 26.8 Å². The molecule has 2 aromatic heterocycles. The predicted molar refractivity (Wildman–Crippen MR) is 132 cm³/mol. The number of aryl methyl sites for hydroxylation is 1. The smallest absolute Gasteiger partial charge is 0.0814 e. The molecule has 0 aliphatic heterocycles. The molecule has 0 atom stereocenters. The van der Waals surface area contributed by atoms with E-state index in [9.17, 15) is 4.39 Å². The quantitative estimate of drug-likeness (QED) is 0.194. The van der Waals surface area contributed by atoms with E-state index in [1.165, 1.54) is 11.1 Å². The second-order valence-electron chi connectivity index (χ2n) is 7.54. The first-order valence-electron chi connectivity index (χ1n) is 10.7. The molecule has 0 aliphatic rings. The summed E-state index contributed by atoms with van der Waals surface area (Å²) in [6, 6.07) is 37.8. The SMILES string of the molecule is Cc1ccc(-c2[c-]cc(CF)cc2)nc1.[Ir].[c-]1ccccc1-c1cc(-c2ccccc2)ccn1. The molecule has 2 nitrogen and oxygen atoms in total. The monoisotopic (exact) mass is 623 g/mol. The number of nitrogens with zero attached hydrogens (tertiary/aromatic N) is 2. The van der Waals surface area contributed by atoms with Crippen LogP contribution >= 0.6 is 0 Å². The fourth-order valence-corrected chi connectivity index (χ4v) is 3.27. The Labute approximate surface area is 213 Å². The number of halogens is 1. The zero-order valence-corrected chi connectivity index (χ0v) is 21.1. The third-order valence-electron chi connectivity index (χ3n) is 5.07. The van der Waals surface area contributed by atoms with Gasteiger partial charge in [-0.05, 0) is 41.1 Å². The number of hydrogen-bond acceptors (Lipinski definition) is 2. The molecule has 5 aromatic rings. The average Bonchev–Trinajstić information content (AvgIpc) is 2.91. The second-order valence-corrected chi connectivity index (χ2v) is 7.54. The summed E-state index contributed by atoms with van der Waals surface area (Å²) >= 11 is 0. The van der Waals surface area contributed by atoms with Crippen molar-refractivity contribution in [3.05, 3.63) is 133 Å². The number of benzene rings is 3. The van der Waals surface area contributed by atoms with Crippen LogP contribution in [0.5, 0.6) is 0 Å². The molecule has 0 bridgehead atoms. The Kier molecular flexibility index (Phi) is 9.39. The van der Waals surface area contributed by atoms with Crippen LogP contribution in [0.1, 0.15) is 11.1 Å². The number of pyridine rings is 2. The minimum absolute atomic E-state index is 0. The Morgan fingerprint density at radius 1 is 0.735 bits per heavy atom. The molecule has 0 saturated carbocycles. The van der Waals surface area contributed by atoms with Gasteiger partial charge in [-0.1, -0.05) is 54.1 Å². The molecule has 4 heteroatoms. The van der Waals surface area contributed by atoms with Crippen LogP contribution in [0.25, 0.3) is 33.6 Å². The third-order valence-corrected chi connectivity index (χ3v) is 5.07. The van der Waals surface area contributed by atoms with Crippen molar-refractivity contribution >= 4 is 0 Å². The zero-order chi connectivity index (χ0) is 22.9. The van der Waals surface area contributed by atoms with Gasteiger partial charge in [0.25, 0.3) is 0 Å². The van der Waals surface area contributed by atoms with E-state index in [0.717, 1.165) is 28.1 Å². The van der Waals surface area contributed by atoms with Crippen molar-refractivity contribution in [2.24, 2.45) is 0 Å². The largest absolute Gasteiger partial charge is 0.305 e. The third kappa shape index (κ3) is 6.77. The van der Waals surface area contributed by atoms with Gasteiger partial charge in [0, 0.05) is 32.5 Å². The first-order chi connectivity index (χ1) is 16.2. The van der Waals surface area contributed by atoms with Gasteiger partial charge in [-0.2, -0.15) is 0 Å². The van der Waals surface area contributed by atoms with Gasteiger partial charge < -0.3 is 9.97 Å². The van der Waals surface area contributed by atoms with Crippen LogP contribution in [0.3, 0.4) is 0 Å². The number of hydrogen-bond donors (Lipinski definition) is 0. The van der Waals surface area contributed by atoms with Gasteiger partial charge in [0.05, 0.1) is 6.67 Å². The topological polar surface area (TPSA) is 25.8 Å². The summed E-state index contributed by atoms with van der Waals surface area (Å²) < 4.78 is 12.3. The Hall–Kier alpha value is -3.46. The Balaban J connectivity index is 0.000000188. The van der Waals surface area contributed by atoms with E-state index >= 15 is 0 Å². The zero-order valence-electron chi connectivity index (χ0n) is 18.7. The molecule has 34 heavy (non-hydrogen) atoms. The standard InChI is InChI=1S/C17H12N.C13H11FN.Ir/c1-3-7-14(8-4-1)16-11-12-18-17(13-16)15-9-5-2-6-10-15;1-10-2-7-13(15-9-10)12-5-3-11(8-14)4-6-12;/h1-9,11-13H;2-5,7,9H,8H2,1H3;/q2*-1;. The molecule has 0 N–H and O–H groups in total. The summed E-state index contributed by atoms with van der Waals surface area (Å²) in [6.07, 6.45) is 3.66. The summed E-state index contributed by atoms with van der Waals surface area (Å²) in [6.45, 7) is 1.55. The van der Waals surface area contributed by atoms with Crippen molar-refractivity contribution in [2.45, 2.75) is 13.6 Å². The summed E-state index contributed by atoms with van der Waals surface area (Å²) in [7, 11) is 0. The molecule has 0 aliphatic carbocycles. The number of aromatic nitrogens is 2. The maximum absolute atomic E-state index is 12.3. The van der Waals surface area contributed by atoms with Gasteiger partial charge in [-0.25, -0.2) is 0 Å². The maximum atomic E-state index is 12.3. The predicted octanol–water partition coefficient (Wildman–Crippen LogP) is 7.54. The molecular formula is C30H23FIrN2-2. The second kappa shape index (κ2) is 12.7. The summed E-state index contributed by atoms with van der Waals surface area (Å²) in [5.74, 6) is 0. The van der Waals surface area contributed by atoms with E-state index < -0.39 is 6.67 Å². The van der Waals surface area contributed by atoms with Crippen LogP contribution in [-0.4, -0.2) is 9.97 Å². The van der Waals surface area contributed by atoms with Gasteiger partial charge in [0.2, 0.25) is 0 Å². The van der Waals surface area contributed by atoms with E-state index in [-0.39, 0.29) is 20.1 Å². The molecule has 0 unspecified atom stereocenters. The van der Waals surface area contributed by atoms with Crippen molar-refractivity contribution in [1.29, 1.82) is 0 Å². The van der Waals surface area contributed by atoms with Crippen molar-refractivity contribution < 1.29 is 24.5 Å². The Bertz CT molecular complexity index is 1220. The molecule has 1 radical (unpaired) electrons. The van der Waals surface area contributed by atoms with Gasteiger partial charge in [-0.3, -0.25) is 4.39 Å². The van der Waals surface area contributed by atoms with E-state index in [4.69, 9.17) is 0 Å². The molecule has 0 fully saturated rings. The minimum Gasteiger partial charge on any atom is -0.305 e. The van der Waals surface area contributed by atoms with Crippen LogP contribution in [0.4, 0.5) is 4.39 Å². The van der Waals surface area contributed by atoms with E-state index in [0.29, 0.717) is 5.56 Å². The van der Waals surface area contributed by atoms with Crippen LogP contribution < -0.4 is 0 Å². The maximum Gasteiger partial charge on any atom is 0.0814 e. The van der Waals surface area contributed by atoms with Crippen molar-refractivity contribution in [3.63, 3.8) is 0 Å². The van der Waals surface area contributed by atoms with E-state index in [2.05, 4.69) is 40.3 Å². The van der Waals surface area contributed by atoms with Crippen molar-refractivity contribution in [1.82, 2.24) is 9.97 Å². The van der Waals surface area contributed by atoms with Gasteiger partial charge in [0.1, 0.15) is 0 Å². The first-order valence-corrected chi connectivity index (χ1v) is 10.7. The average molecular weight is 623 g/mol. The molecule has 171 valence electrons. The fraction of sp³-hybridized carbons (Fsp3) is 0.0667. The van der Waals surface area contributed by atoms with Crippen molar-refractivity contribution in [2.75, 3.05) is 0 Å². The van der Waals surface area contributed by atoms with Gasteiger partial charge in [0.15, 0.2) is 0 Å². The van der Waals surface area contributed by atoms with E-state index in [1.54, 1.807) is 12.1 Å². The molecular weight excluding hydrogens is 600 g/mol.